The molecule has 3 heteroatoms. The molecule has 0 N–H and O–H groups in total. The van der Waals surface area contributed by atoms with E-state index in [1.54, 1.807) is 0 Å². The smallest absolute Gasteiger partial charge is 0.0803 e. The molecule has 3 nitrogen and oxygen atoms in total. The second-order valence-electron chi connectivity index (χ2n) is 12.6. The molecular formula is C45H31N3. The maximum Gasteiger partial charge on any atom is 0.0803 e. The highest BCUT2D eigenvalue weighted by Gasteiger charge is 2.23. The van der Waals surface area contributed by atoms with Crippen LogP contribution in [0.25, 0.3) is 82.9 Å². The SMILES string of the molecule is Cc1cccc2c3c(c(-c4ccccc4)n12)c1ccccc1n3-c1ccc(-c2ccc(-n3c4ccccc4c4ccccc43)cc2)cc1. The van der Waals surface area contributed by atoms with Crippen LogP contribution in [-0.2, 0) is 0 Å². The van der Waals surface area contributed by atoms with E-state index >= 15 is 0 Å². The lowest BCUT2D eigenvalue weighted by atomic mass is 10.0. The van der Waals surface area contributed by atoms with Crippen molar-refractivity contribution < 1.29 is 0 Å². The summed E-state index contributed by atoms with van der Waals surface area (Å²) in [7, 11) is 0. The van der Waals surface area contributed by atoms with E-state index in [1.807, 2.05) is 0 Å². The molecular weight excluding hydrogens is 583 g/mol. The summed E-state index contributed by atoms with van der Waals surface area (Å²) in [5, 5.41) is 5.11. The minimum atomic E-state index is 1.15. The Bertz CT molecular complexity index is 2760. The van der Waals surface area contributed by atoms with E-state index in [1.165, 1.54) is 82.9 Å². The van der Waals surface area contributed by atoms with Gasteiger partial charge in [-0.2, -0.15) is 0 Å². The number of aromatic nitrogens is 3. The number of aryl methyl sites for hydroxylation is 1. The zero-order valence-corrected chi connectivity index (χ0v) is 26.5. The monoisotopic (exact) mass is 613 g/mol. The van der Waals surface area contributed by atoms with Gasteiger partial charge in [-0.25, -0.2) is 0 Å². The Morgan fingerprint density at radius 1 is 0.354 bits per heavy atom. The van der Waals surface area contributed by atoms with E-state index < -0.39 is 0 Å². The third kappa shape index (κ3) is 3.82. The standard InChI is InChI=1S/C45H31N3/c1-30-12-11-21-42-45-43(44(46(30)42)33-13-3-2-4-14-33)38-17-7-10-20-41(38)48(45)35-28-24-32(25-29-35)31-22-26-34(27-23-31)47-39-18-8-5-15-36(39)37-16-6-9-19-40(37)47/h2-29H,1H3. The van der Waals surface area contributed by atoms with Crippen LogP contribution in [0.5, 0.6) is 0 Å². The van der Waals surface area contributed by atoms with Gasteiger partial charge in [-0.1, -0.05) is 115 Å². The molecule has 0 fully saturated rings. The van der Waals surface area contributed by atoms with Crippen molar-refractivity contribution in [2.45, 2.75) is 6.92 Å². The molecule has 0 radical (unpaired) electrons. The average Bonchev–Trinajstić information content (AvgIpc) is 3.79. The van der Waals surface area contributed by atoms with E-state index in [9.17, 15) is 0 Å². The third-order valence-electron chi connectivity index (χ3n) is 9.97. The third-order valence-corrected chi connectivity index (χ3v) is 9.97. The van der Waals surface area contributed by atoms with Crippen LogP contribution < -0.4 is 0 Å². The first-order chi connectivity index (χ1) is 23.8. The lowest BCUT2D eigenvalue weighted by molar-refractivity contribution is 1.10. The Morgan fingerprint density at radius 3 is 1.44 bits per heavy atom. The zero-order valence-electron chi connectivity index (χ0n) is 26.5. The zero-order chi connectivity index (χ0) is 31.8. The summed E-state index contributed by atoms with van der Waals surface area (Å²) in [6.07, 6.45) is 0. The molecule has 10 aromatic rings. The van der Waals surface area contributed by atoms with Crippen LogP contribution >= 0.6 is 0 Å². The van der Waals surface area contributed by atoms with Crippen LogP contribution in [-0.4, -0.2) is 13.5 Å². The molecule has 0 aliphatic rings. The Balaban J connectivity index is 1.11. The van der Waals surface area contributed by atoms with Crippen LogP contribution in [0, 0.1) is 6.92 Å². The van der Waals surface area contributed by atoms with Crippen LogP contribution in [0.2, 0.25) is 0 Å². The second kappa shape index (κ2) is 10.3. The molecule has 6 aromatic carbocycles. The van der Waals surface area contributed by atoms with Gasteiger partial charge >= 0.3 is 0 Å². The molecule has 226 valence electrons. The summed E-state index contributed by atoms with van der Waals surface area (Å²) in [5.41, 5.74) is 14.5. The van der Waals surface area contributed by atoms with Gasteiger partial charge in [0, 0.05) is 38.6 Å². The van der Waals surface area contributed by atoms with Crippen molar-refractivity contribution in [1.29, 1.82) is 0 Å². The first-order valence-electron chi connectivity index (χ1n) is 16.5. The number of hydrogen-bond donors (Lipinski definition) is 0. The predicted octanol–water partition coefficient (Wildman–Crippen LogP) is 11.8. The fourth-order valence-electron chi connectivity index (χ4n) is 7.88. The highest BCUT2D eigenvalue weighted by atomic mass is 15.0. The fraction of sp³-hybridized carbons (Fsp3) is 0.0222. The number of hydrogen-bond acceptors (Lipinski definition) is 0. The molecule has 0 saturated heterocycles. The predicted molar refractivity (Wildman–Crippen MR) is 202 cm³/mol. The number of rotatable bonds is 4. The normalized spacial score (nSPS) is 11.9. The molecule has 0 saturated carbocycles. The lowest BCUT2D eigenvalue weighted by Gasteiger charge is -2.12. The van der Waals surface area contributed by atoms with Gasteiger partial charge < -0.3 is 13.5 Å². The number of para-hydroxylation sites is 3. The molecule has 0 atom stereocenters. The first kappa shape index (κ1) is 26.9. The van der Waals surface area contributed by atoms with Crippen molar-refractivity contribution in [2.24, 2.45) is 0 Å². The van der Waals surface area contributed by atoms with Gasteiger partial charge in [0.05, 0.1) is 33.3 Å². The Morgan fingerprint density at radius 2 is 0.833 bits per heavy atom. The molecule has 48 heavy (non-hydrogen) atoms. The van der Waals surface area contributed by atoms with E-state index in [4.69, 9.17) is 0 Å². The summed E-state index contributed by atoms with van der Waals surface area (Å²) in [6, 6.07) is 61.6. The number of fused-ring (bicyclic) bond motifs is 8. The number of pyridine rings is 1. The fourth-order valence-corrected chi connectivity index (χ4v) is 7.88. The highest BCUT2D eigenvalue weighted by molar-refractivity contribution is 6.21. The van der Waals surface area contributed by atoms with Crippen molar-refractivity contribution >= 4 is 49.1 Å². The largest absolute Gasteiger partial charge is 0.311 e. The molecule has 10 rings (SSSR count). The second-order valence-corrected chi connectivity index (χ2v) is 12.6. The molecule has 0 amide bonds. The van der Waals surface area contributed by atoms with E-state index in [-0.39, 0.29) is 0 Å². The summed E-state index contributed by atoms with van der Waals surface area (Å²) in [5.74, 6) is 0. The van der Waals surface area contributed by atoms with Gasteiger partial charge in [0.1, 0.15) is 0 Å². The van der Waals surface area contributed by atoms with E-state index in [2.05, 4.69) is 190 Å². The molecule has 0 unspecified atom stereocenters. The van der Waals surface area contributed by atoms with Crippen molar-refractivity contribution in [2.75, 3.05) is 0 Å². The number of nitrogens with zero attached hydrogens (tertiary/aromatic N) is 3. The molecule has 0 aliphatic carbocycles. The van der Waals surface area contributed by atoms with Gasteiger partial charge in [-0.05, 0) is 78.2 Å². The van der Waals surface area contributed by atoms with Crippen LogP contribution in [0.1, 0.15) is 5.69 Å². The van der Waals surface area contributed by atoms with Gasteiger partial charge in [0.15, 0.2) is 0 Å². The van der Waals surface area contributed by atoms with Crippen LogP contribution in [0.4, 0.5) is 0 Å². The van der Waals surface area contributed by atoms with Crippen molar-refractivity contribution in [3.63, 3.8) is 0 Å². The quantitative estimate of drug-likeness (QED) is 0.188. The molecule has 0 aliphatic heterocycles. The Labute approximate surface area is 278 Å². The molecule has 0 spiro atoms. The van der Waals surface area contributed by atoms with Gasteiger partial charge in [-0.15, -0.1) is 0 Å². The van der Waals surface area contributed by atoms with Gasteiger partial charge in [0.25, 0.3) is 0 Å². The van der Waals surface area contributed by atoms with Gasteiger partial charge in [0.2, 0.25) is 0 Å². The Hall–Kier alpha value is -6.32. The van der Waals surface area contributed by atoms with Crippen LogP contribution in [0.15, 0.2) is 170 Å². The molecule has 4 aromatic heterocycles. The summed E-state index contributed by atoms with van der Waals surface area (Å²) < 4.78 is 7.24. The van der Waals surface area contributed by atoms with Crippen molar-refractivity contribution in [3.8, 4) is 33.8 Å². The Kier molecular flexibility index (Phi) is 5.79. The lowest BCUT2D eigenvalue weighted by Crippen LogP contribution is -1.97. The number of benzene rings is 6. The summed E-state index contributed by atoms with van der Waals surface area (Å²) in [6.45, 7) is 2.20. The topological polar surface area (TPSA) is 14.3 Å². The average molecular weight is 614 g/mol. The van der Waals surface area contributed by atoms with E-state index in [0.717, 1.165) is 5.69 Å². The summed E-state index contributed by atoms with van der Waals surface area (Å²) in [4.78, 5) is 0. The maximum atomic E-state index is 2.45. The summed E-state index contributed by atoms with van der Waals surface area (Å²) >= 11 is 0. The molecule has 0 bridgehead atoms. The van der Waals surface area contributed by atoms with Crippen LogP contribution in [0.3, 0.4) is 0 Å². The molecule has 4 heterocycles. The van der Waals surface area contributed by atoms with Crippen molar-refractivity contribution in [3.05, 3.63) is 176 Å². The van der Waals surface area contributed by atoms with Gasteiger partial charge in [-0.3, -0.25) is 0 Å². The minimum absolute atomic E-state index is 1.15. The minimum Gasteiger partial charge on any atom is -0.311 e. The maximum absolute atomic E-state index is 2.45. The highest BCUT2D eigenvalue weighted by Crippen LogP contribution is 2.43. The first-order valence-corrected chi connectivity index (χ1v) is 16.5. The van der Waals surface area contributed by atoms with E-state index in [0.29, 0.717) is 0 Å². The van der Waals surface area contributed by atoms with Crippen molar-refractivity contribution in [1.82, 2.24) is 13.5 Å².